The molecule has 88 valence electrons. The van der Waals surface area contributed by atoms with Crippen molar-refractivity contribution in [2.24, 2.45) is 0 Å². The van der Waals surface area contributed by atoms with Gasteiger partial charge in [-0.2, -0.15) is 8.78 Å². The summed E-state index contributed by atoms with van der Waals surface area (Å²) in [4.78, 5) is 10.7. The lowest BCUT2D eigenvalue weighted by Crippen LogP contribution is -2.06. The fraction of sp³-hybridized carbons (Fsp3) is 0.300. The van der Waals surface area contributed by atoms with Gasteiger partial charge in [0.25, 0.3) is 0 Å². The van der Waals surface area contributed by atoms with Crippen LogP contribution < -0.4 is 4.74 Å². The van der Waals surface area contributed by atoms with E-state index in [0.29, 0.717) is 5.56 Å². The Morgan fingerprint density at radius 1 is 1.50 bits per heavy atom. The summed E-state index contributed by atoms with van der Waals surface area (Å²) < 4.78 is 29.1. The second kappa shape index (κ2) is 5.90. The smallest absolute Gasteiger partial charge is 0.387 e. The molecule has 1 aromatic carbocycles. The van der Waals surface area contributed by atoms with Gasteiger partial charge in [0.2, 0.25) is 0 Å². The molecule has 2 nitrogen and oxygen atoms in total. The van der Waals surface area contributed by atoms with Gasteiger partial charge in [-0.15, -0.1) is 0 Å². The summed E-state index contributed by atoms with van der Waals surface area (Å²) in [6.07, 6.45) is 0. The van der Waals surface area contributed by atoms with Crippen LogP contribution in [0.5, 0.6) is 5.75 Å². The van der Waals surface area contributed by atoms with E-state index < -0.39 is 11.4 Å². The molecule has 0 spiro atoms. The van der Waals surface area contributed by atoms with Gasteiger partial charge in [0.15, 0.2) is 0 Å². The number of carbonyl (C=O) groups is 1. The van der Waals surface area contributed by atoms with Crippen molar-refractivity contribution in [1.82, 2.24) is 0 Å². The standard InChI is InChI=1S/C10H8BrF2IO2/c1-5(15)9(11)7-4-6(16-10(12)13)2-3-8(7)14/h2-4,9-10H,1H3. The lowest BCUT2D eigenvalue weighted by Gasteiger charge is -2.11. The van der Waals surface area contributed by atoms with Crippen molar-refractivity contribution in [3.63, 3.8) is 0 Å². The SMILES string of the molecule is CC(=O)C(Br)c1cc(OC(F)F)ccc1I. The fourth-order valence-electron chi connectivity index (χ4n) is 1.11. The number of carbonyl (C=O) groups excluding carboxylic acids is 1. The first-order valence-electron chi connectivity index (χ1n) is 4.30. The third-order valence-electron chi connectivity index (χ3n) is 1.82. The topological polar surface area (TPSA) is 26.3 Å². The first kappa shape index (κ1) is 13.8. The number of Topliss-reactive ketones (excluding diaryl/α,β-unsaturated/α-hetero) is 1. The van der Waals surface area contributed by atoms with Crippen molar-refractivity contribution in [2.75, 3.05) is 0 Å². The van der Waals surface area contributed by atoms with E-state index in [-0.39, 0.29) is 11.5 Å². The Hall–Kier alpha value is -0.240. The predicted octanol–water partition coefficient (Wildman–Crippen LogP) is 3.92. The van der Waals surface area contributed by atoms with Crippen molar-refractivity contribution in [3.8, 4) is 5.75 Å². The molecule has 16 heavy (non-hydrogen) atoms. The Bertz CT molecular complexity index is 398. The Balaban J connectivity index is 3.03. The Morgan fingerprint density at radius 3 is 2.62 bits per heavy atom. The average molecular weight is 405 g/mol. The summed E-state index contributed by atoms with van der Waals surface area (Å²) in [7, 11) is 0. The minimum absolute atomic E-state index is 0.0520. The van der Waals surface area contributed by atoms with E-state index in [1.54, 1.807) is 6.07 Å². The maximum absolute atomic E-state index is 12.0. The maximum atomic E-state index is 12.0. The van der Waals surface area contributed by atoms with Crippen molar-refractivity contribution in [3.05, 3.63) is 27.3 Å². The van der Waals surface area contributed by atoms with Crippen LogP contribution >= 0.6 is 38.5 Å². The number of alkyl halides is 3. The molecule has 0 heterocycles. The van der Waals surface area contributed by atoms with Gasteiger partial charge in [-0.25, -0.2) is 0 Å². The second-order valence-corrected chi connectivity index (χ2v) is 5.11. The van der Waals surface area contributed by atoms with Crippen LogP contribution in [0.4, 0.5) is 8.78 Å². The normalized spacial score (nSPS) is 12.6. The molecular formula is C10H8BrF2IO2. The highest BCUT2D eigenvalue weighted by Crippen LogP contribution is 2.31. The zero-order valence-corrected chi connectivity index (χ0v) is 12.0. The molecule has 0 aromatic heterocycles. The average Bonchev–Trinajstić information content (AvgIpc) is 2.19. The van der Waals surface area contributed by atoms with Crippen LogP contribution in [-0.2, 0) is 4.79 Å². The molecule has 6 heteroatoms. The van der Waals surface area contributed by atoms with E-state index in [9.17, 15) is 13.6 Å². The van der Waals surface area contributed by atoms with E-state index in [2.05, 4.69) is 20.7 Å². The van der Waals surface area contributed by atoms with Gasteiger partial charge in [-0.1, -0.05) is 15.9 Å². The molecule has 1 atom stereocenters. The Labute approximate surface area is 114 Å². The Morgan fingerprint density at radius 2 is 2.12 bits per heavy atom. The number of benzene rings is 1. The molecule has 0 amide bonds. The van der Waals surface area contributed by atoms with Crippen molar-refractivity contribution >= 4 is 44.3 Å². The number of ether oxygens (including phenoxy) is 1. The molecule has 1 aromatic rings. The van der Waals surface area contributed by atoms with E-state index in [4.69, 9.17) is 0 Å². The molecule has 1 rings (SSSR count). The molecule has 0 aliphatic rings. The number of halogens is 4. The third kappa shape index (κ3) is 3.65. The van der Waals surface area contributed by atoms with E-state index in [1.807, 2.05) is 22.6 Å². The molecule has 0 radical (unpaired) electrons. The number of rotatable bonds is 4. The van der Waals surface area contributed by atoms with Crippen molar-refractivity contribution in [2.45, 2.75) is 18.4 Å². The molecule has 0 aliphatic heterocycles. The summed E-state index contributed by atoms with van der Waals surface area (Å²) in [5, 5.41) is 0. The summed E-state index contributed by atoms with van der Waals surface area (Å²) in [5.41, 5.74) is 0.631. The Kier molecular flexibility index (Phi) is 5.10. The van der Waals surface area contributed by atoms with Gasteiger partial charge in [0.1, 0.15) is 11.5 Å². The molecule has 0 aliphatic carbocycles. The van der Waals surface area contributed by atoms with Crippen LogP contribution in [-0.4, -0.2) is 12.4 Å². The third-order valence-corrected chi connectivity index (χ3v) is 3.94. The van der Waals surface area contributed by atoms with Gasteiger partial charge in [0, 0.05) is 3.57 Å². The van der Waals surface area contributed by atoms with Crippen LogP contribution in [0.3, 0.4) is 0 Å². The van der Waals surface area contributed by atoms with E-state index in [0.717, 1.165) is 3.57 Å². The van der Waals surface area contributed by atoms with E-state index >= 15 is 0 Å². The lowest BCUT2D eigenvalue weighted by molar-refractivity contribution is -0.116. The highest BCUT2D eigenvalue weighted by Gasteiger charge is 2.17. The monoisotopic (exact) mass is 404 g/mol. The van der Waals surface area contributed by atoms with E-state index in [1.165, 1.54) is 19.1 Å². The second-order valence-electron chi connectivity index (χ2n) is 3.04. The van der Waals surface area contributed by atoms with Gasteiger partial charge < -0.3 is 4.74 Å². The van der Waals surface area contributed by atoms with Crippen LogP contribution in [0.15, 0.2) is 18.2 Å². The summed E-state index contributed by atoms with van der Waals surface area (Å²) in [5.74, 6) is -0.0387. The first-order chi connectivity index (χ1) is 7.41. The predicted molar refractivity (Wildman–Crippen MR) is 68.1 cm³/mol. The molecule has 1 unspecified atom stereocenters. The highest BCUT2D eigenvalue weighted by molar-refractivity contribution is 14.1. The van der Waals surface area contributed by atoms with Crippen LogP contribution in [0.1, 0.15) is 17.3 Å². The number of ketones is 1. The molecule has 0 N–H and O–H groups in total. The van der Waals surface area contributed by atoms with Crippen molar-refractivity contribution in [1.29, 1.82) is 0 Å². The fourth-order valence-corrected chi connectivity index (χ4v) is 2.56. The molecule has 0 bridgehead atoms. The largest absolute Gasteiger partial charge is 0.435 e. The van der Waals surface area contributed by atoms with Gasteiger partial charge >= 0.3 is 6.61 Å². The molecular weight excluding hydrogens is 397 g/mol. The first-order valence-corrected chi connectivity index (χ1v) is 6.30. The van der Waals surface area contributed by atoms with Crippen LogP contribution in [0.25, 0.3) is 0 Å². The highest BCUT2D eigenvalue weighted by atomic mass is 127. The molecule has 0 fully saturated rings. The minimum atomic E-state index is -2.86. The van der Waals surface area contributed by atoms with Crippen LogP contribution in [0, 0.1) is 3.57 Å². The van der Waals surface area contributed by atoms with Crippen LogP contribution in [0.2, 0.25) is 0 Å². The van der Waals surface area contributed by atoms with Gasteiger partial charge in [0.05, 0.1) is 4.83 Å². The lowest BCUT2D eigenvalue weighted by atomic mass is 10.1. The summed E-state index contributed by atoms with van der Waals surface area (Å²) >= 11 is 5.24. The van der Waals surface area contributed by atoms with Crippen molar-refractivity contribution < 1.29 is 18.3 Å². The maximum Gasteiger partial charge on any atom is 0.387 e. The number of hydrogen-bond acceptors (Lipinski definition) is 2. The van der Waals surface area contributed by atoms with Gasteiger partial charge in [-0.3, -0.25) is 4.79 Å². The zero-order valence-electron chi connectivity index (χ0n) is 8.22. The minimum Gasteiger partial charge on any atom is -0.435 e. The number of hydrogen-bond donors (Lipinski definition) is 0. The van der Waals surface area contributed by atoms with Gasteiger partial charge in [-0.05, 0) is 53.3 Å². The quantitative estimate of drug-likeness (QED) is 0.561. The molecule has 0 saturated heterocycles. The summed E-state index contributed by atoms with van der Waals surface area (Å²) in [6, 6.07) is 4.51. The summed E-state index contributed by atoms with van der Waals surface area (Å²) in [6.45, 7) is -1.44. The molecule has 0 saturated carbocycles. The zero-order chi connectivity index (χ0) is 12.3.